The second kappa shape index (κ2) is 1.73. The zero-order chi connectivity index (χ0) is 5.21. The fourth-order valence-corrected chi connectivity index (χ4v) is 0. The maximum atomic E-state index is 10.4. The molecule has 0 fully saturated rings. The van der Waals surface area contributed by atoms with Crippen molar-refractivity contribution in [3.8, 4) is 0 Å². The quantitative estimate of drug-likeness (QED) is 0.453. The Morgan fingerprint density at radius 2 is 1.67 bits per heavy atom. The molecule has 0 bridgehead atoms. The van der Waals surface area contributed by atoms with Crippen molar-refractivity contribution in [3.05, 3.63) is 0 Å². The van der Waals surface area contributed by atoms with Crippen LogP contribution < -0.4 is 0 Å². The molecule has 0 aromatic carbocycles. The summed E-state index contributed by atoms with van der Waals surface area (Å²) in [4.78, 5) is 10.4. The van der Waals surface area contributed by atoms with Crippen molar-refractivity contribution in [2.75, 3.05) is 7.11 Å². The zero-order valence-electron chi connectivity index (χ0n) is 4.32. The Kier molecular flexibility index (Phi) is 1.77. The minimum Gasteiger partial charge on any atom is -0.396 e. The smallest absolute Gasteiger partial charge is 0.367 e. The van der Waals surface area contributed by atoms with Crippen molar-refractivity contribution in [3.63, 3.8) is 0 Å². The van der Waals surface area contributed by atoms with Gasteiger partial charge < -0.3 is 4.43 Å². The standard InChI is InChI=1S/C3H9O2Si/c1-5-6(2,3)4/h1-3H3. The van der Waals surface area contributed by atoms with Gasteiger partial charge >= 0.3 is 8.56 Å². The van der Waals surface area contributed by atoms with Gasteiger partial charge in [0, 0.05) is 7.11 Å². The Labute approximate surface area is 39.0 Å². The molecule has 0 aromatic heterocycles. The molecule has 0 aliphatic carbocycles. The molecule has 0 heterocycles. The van der Waals surface area contributed by atoms with Crippen LogP contribution in [0.3, 0.4) is 0 Å². The monoisotopic (exact) mass is 105 g/mol. The minimum absolute atomic E-state index is 1.46. The molecule has 0 amide bonds. The zero-order valence-corrected chi connectivity index (χ0v) is 5.32. The molecule has 37 valence electrons. The largest absolute Gasteiger partial charge is 0.396 e. The summed E-state index contributed by atoms with van der Waals surface area (Å²) in [6.07, 6.45) is 0. The summed E-state index contributed by atoms with van der Waals surface area (Å²) in [6, 6.07) is 0. The summed E-state index contributed by atoms with van der Waals surface area (Å²) < 4.78 is 4.52. The average Bonchev–Trinajstić information content (AvgIpc) is 1.35. The van der Waals surface area contributed by atoms with Crippen LogP contribution in [0.5, 0.6) is 0 Å². The first kappa shape index (κ1) is 6.14. The highest BCUT2D eigenvalue weighted by molar-refractivity contribution is 6.62. The number of hydrogen-bond acceptors (Lipinski definition) is 1. The first-order valence-electron chi connectivity index (χ1n) is 1.82. The topological polar surface area (TPSA) is 29.1 Å². The summed E-state index contributed by atoms with van der Waals surface area (Å²) in [6.45, 7) is 3.21. The van der Waals surface area contributed by atoms with Crippen molar-refractivity contribution >= 4 is 8.56 Å². The molecule has 0 atom stereocenters. The van der Waals surface area contributed by atoms with Gasteiger partial charge in [0.25, 0.3) is 0 Å². The van der Waals surface area contributed by atoms with Crippen LogP contribution in [0.4, 0.5) is 0 Å². The maximum absolute atomic E-state index is 10.4. The lowest BCUT2D eigenvalue weighted by molar-refractivity contribution is 0.259. The first-order valence-corrected chi connectivity index (χ1v) is 4.63. The van der Waals surface area contributed by atoms with Gasteiger partial charge in [0.15, 0.2) is 0 Å². The Bertz CT molecular complexity index is 38.5. The Balaban J connectivity index is 3.17. The fraction of sp³-hybridized carbons (Fsp3) is 1.00. The van der Waals surface area contributed by atoms with Gasteiger partial charge in [0.1, 0.15) is 0 Å². The van der Waals surface area contributed by atoms with Gasteiger partial charge in [-0.2, -0.15) is 0 Å². The second-order valence-electron chi connectivity index (χ2n) is 1.60. The molecule has 0 aromatic rings. The molecule has 2 nitrogen and oxygen atoms in total. The van der Waals surface area contributed by atoms with Gasteiger partial charge in [-0.25, -0.2) is 0 Å². The van der Waals surface area contributed by atoms with Crippen LogP contribution in [0.15, 0.2) is 0 Å². The van der Waals surface area contributed by atoms with E-state index < -0.39 is 8.56 Å². The molecular formula is C3H9O2Si. The van der Waals surface area contributed by atoms with Gasteiger partial charge in [-0.1, -0.05) is 0 Å². The van der Waals surface area contributed by atoms with Crippen LogP contribution >= 0.6 is 0 Å². The van der Waals surface area contributed by atoms with Crippen LogP contribution in [0.25, 0.3) is 0 Å². The van der Waals surface area contributed by atoms with E-state index in [9.17, 15) is 4.80 Å². The minimum atomic E-state index is -2.38. The second-order valence-corrected chi connectivity index (χ2v) is 4.81. The third-order valence-electron chi connectivity index (χ3n) is 0.492. The maximum Gasteiger partial charge on any atom is 0.367 e. The van der Waals surface area contributed by atoms with Crippen molar-refractivity contribution in [1.82, 2.24) is 0 Å². The Morgan fingerprint density at radius 1 is 1.50 bits per heavy atom. The van der Waals surface area contributed by atoms with Gasteiger partial charge in [0.2, 0.25) is 0 Å². The molecule has 0 rings (SSSR count). The molecule has 0 aliphatic rings. The van der Waals surface area contributed by atoms with E-state index in [0.29, 0.717) is 0 Å². The van der Waals surface area contributed by atoms with Gasteiger partial charge in [-0.3, -0.25) is 4.80 Å². The molecule has 0 spiro atoms. The lowest BCUT2D eigenvalue weighted by Gasteiger charge is -2.04. The average molecular weight is 105 g/mol. The molecule has 6 heavy (non-hydrogen) atoms. The molecule has 0 N–H and O–H groups in total. The van der Waals surface area contributed by atoms with E-state index in [-0.39, 0.29) is 0 Å². The fourth-order valence-electron chi connectivity index (χ4n) is 0. The van der Waals surface area contributed by atoms with Crippen molar-refractivity contribution in [1.29, 1.82) is 0 Å². The van der Waals surface area contributed by atoms with Crippen molar-refractivity contribution in [2.45, 2.75) is 13.1 Å². The summed E-state index contributed by atoms with van der Waals surface area (Å²) in [7, 11) is -0.924. The lowest BCUT2D eigenvalue weighted by Crippen LogP contribution is -2.25. The van der Waals surface area contributed by atoms with Crippen LogP contribution in [-0.4, -0.2) is 15.7 Å². The molecule has 3 heteroatoms. The normalized spacial score (nSPS) is 12.0. The predicted molar refractivity (Wildman–Crippen MR) is 25.2 cm³/mol. The highest BCUT2D eigenvalue weighted by Crippen LogP contribution is 1.93. The van der Waals surface area contributed by atoms with E-state index in [2.05, 4.69) is 4.43 Å². The van der Waals surface area contributed by atoms with E-state index in [1.807, 2.05) is 0 Å². The summed E-state index contributed by atoms with van der Waals surface area (Å²) in [5, 5.41) is 0. The van der Waals surface area contributed by atoms with Crippen LogP contribution in [0.2, 0.25) is 13.1 Å². The van der Waals surface area contributed by atoms with Crippen molar-refractivity contribution < 1.29 is 9.22 Å². The third kappa shape index (κ3) is 4.14. The van der Waals surface area contributed by atoms with E-state index in [1.165, 1.54) is 7.11 Å². The van der Waals surface area contributed by atoms with E-state index in [1.54, 1.807) is 13.1 Å². The number of hydrogen-bond donors (Lipinski definition) is 0. The highest BCUT2D eigenvalue weighted by atomic mass is 28.4. The molecule has 0 saturated carbocycles. The Hall–Kier alpha value is 0.137. The van der Waals surface area contributed by atoms with Crippen LogP contribution in [-0.2, 0) is 9.22 Å². The van der Waals surface area contributed by atoms with Gasteiger partial charge in [-0.15, -0.1) is 0 Å². The predicted octanol–water partition coefficient (Wildman–Crippen LogP) is 0.765. The molecule has 0 unspecified atom stereocenters. The van der Waals surface area contributed by atoms with E-state index >= 15 is 0 Å². The van der Waals surface area contributed by atoms with Crippen molar-refractivity contribution in [2.24, 2.45) is 0 Å². The molecule has 1 radical (unpaired) electrons. The molecule has 0 aliphatic heterocycles. The molecular weight excluding hydrogens is 96.1 g/mol. The SMILES string of the molecule is CO[Si](C)(C)[O]. The highest BCUT2D eigenvalue weighted by Gasteiger charge is 2.17. The number of rotatable bonds is 1. The summed E-state index contributed by atoms with van der Waals surface area (Å²) in [5.74, 6) is 0. The lowest BCUT2D eigenvalue weighted by atomic mass is 11.8. The van der Waals surface area contributed by atoms with Gasteiger partial charge in [0.05, 0.1) is 0 Å². The third-order valence-corrected chi connectivity index (χ3v) is 1.47. The first-order chi connectivity index (χ1) is 2.56. The van der Waals surface area contributed by atoms with E-state index in [0.717, 1.165) is 0 Å². The van der Waals surface area contributed by atoms with Crippen LogP contribution in [0, 0.1) is 0 Å². The van der Waals surface area contributed by atoms with Crippen LogP contribution in [0.1, 0.15) is 0 Å². The Morgan fingerprint density at radius 3 is 1.67 bits per heavy atom. The molecule has 0 saturated heterocycles. The van der Waals surface area contributed by atoms with Gasteiger partial charge in [-0.05, 0) is 13.1 Å². The summed E-state index contributed by atoms with van der Waals surface area (Å²) in [5.41, 5.74) is 0. The summed E-state index contributed by atoms with van der Waals surface area (Å²) >= 11 is 0. The van der Waals surface area contributed by atoms with E-state index in [4.69, 9.17) is 0 Å².